The summed E-state index contributed by atoms with van der Waals surface area (Å²) in [5.74, 6) is -2.58. The van der Waals surface area contributed by atoms with E-state index in [1.54, 1.807) is 0 Å². The molecule has 1 unspecified atom stereocenters. The van der Waals surface area contributed by atoms with Gasteiger partial charge in [-0.05, 0) is 0 Å². The van der Waals surface area contributed by atoms with Crippen LogP contribution in [0.2, 0.25) is 0 Å². The maximum atomic E-state index is 11.7. The number of anilines is 1. The molecule has 1 aromatic heterocycles. The summed E-state index contributed by atoms with van der Waals surface area (Å²) >= 11 is 0. The Morgan fingerprint density at radius 1 is 1.44 bits per heavy atom. The van der Waals surface area contributed by atoms with Crippen molar-refractivity contribution in [3.63, 3.8) is 0 Å². The average Bonchev–Trinajstić information content (AvgIpc) is 2.72. The number of nitrogens with two attached hydrogens (primary N) is 1. The van der Waals surface area contributed by atoms with E-state index in [2.05, 4.69) is 9.97 Å². The molecule has 2 amide bonds. The predicted molar refractivity (Wildman–Crippen MR) is 58.6 cm³/mol. The minimum atomic E-state index is -1.23. The molecule has 1 aromatic rings. The monoisotopic (exact) mass is 250 g/mol. The van der Waals surface area contributed by atoms with Gasteiger partial charge in [-0.25, -0.2) is 9.78 Å². The van der Waals surface area contributed by atoms with Gasteiger partial charge in [-0.3, -0.25) is 19.5 Å². The fourth-order valence-electron chi connectivity index (χ4n) is 1.71. The van der Waals surface area contributed by atoms with Crippen molar-refractivity contribution in [1.29, 1.82) is 0 Å². The lowest BCUT2D eigenvalue weighted by Gasteiger charge is -2.14. The molecule has 0 saturated carbocycles. The molecule has 0 aromatic carbocycles. The SMILES string of the molecule is NC(=O)C1CC(=O)N(c2cncc(C(=O)O)n2)C1. The molecule has 2 rings (SSSR count). The van der Waals surface area contributed by atoms with E-state index < -0.39 is 17.8 Å². The largest absolute Gasteiger partial charge is 0.476 e. The Kier molecular flexibility index (Phi) is 2.92. The molecule has 18 heavy (non-hydrogen) atoms. The van der Waals surface area contributed by atoms with Crippen molar-refractivity contribution < 1.29 is 19.5 Å². The number of carbonyl (C=O) groups is 3. The first kappa shape index (κ1) is 12.0. The molecule has 0 bridgehead atoms. The van der Waals surface area contributed by atoms with Crippen molar-refractivity contribution in [1.82, 2.24) is 9.97 Å². The van der Waals surface area contributed by atoms with Crippen molar-refractivity contribution in [2.24, 2.45) is 11.7 Å². The van der Waals surface area contributed by atoms with Crippen LogP contribution in [-0.4, -0.2) is 39.4 Å². The molecule has 1 aliphatic rings. The first-order chi connectivity index (χ1) is 8.49. The Bertz CT molecular complexity index is 530. The summed E-state index contributed by atoms with van der Waals surface area (Å²) in [5.41, 5.74) is 4.87. The highest BCUT2D eigenvalue weighted by Gasteiger charge is 2.34. The third kappa shape index (κ3) is 2.12. The maximum Gasteiger partial charge on any atom is 0.356 e. The highest BCUT2D eigenvalue weighted by atomic mass is 16.4. The molecule has 1 saturated heterocycles. The second-order valence-corrected chi connectivity index (χ2v) is 3.88. The fourth-order valence-corrected chi connectivity index (χ4v) is 1.71. The third-order valence-corrected chi connectivity index (χ3v) is 2.64. The van der Waals surface area contributed by atoms with Gasteiger partial charge in [0, 0.05) is 13.0 Å². The number of carboxylic acid groups (broad SMARTS) is 1. The number of carboxylic acids is 1. The molecule has 8 nitrogen and oxygen atoms in total. The summed E-state index contributed by atoms with van der Waals surface area (Å²) in [4.78, 5) is 42.1. The molecule has 3 N–H and O–H groups in total. The Labute approximate surface area is 101 Å². The number of aromatic nitrogens is 2. The van der Waals surface area contributed by atoms with Crippen molar-refractivity contribution in [2.45, 2.75) is 6.42 Å². The summed E-state index contributed by atoms with van der Waals surface area (Å²) in [6.45, 7) is 0.103. The first-order valence-electron chi connectivity index (χ1n) is 5.14. The van der Waals surface area contributed by atoms with Crippen molar-refractivity contribution in [3.8, 4) is 0 Å². The summed E-state index contributed by atoms with van der Waals surface area (Å²) in [6, 6.07) is 0. The normalized spacial score (nSPS) is 19.0. The van der Waals surface area contributed by atoms with Crippen LogP contribution >= 0.6 is 0 Å². The lowest BCUT2D eigenvalue weighted by molar-refractivity contribution is -0.123. The van der Waals surface area contributed by atoms with Crippen molar-refractivity contribution in [3.05, 3.63) is 18.1 Å². The molecule has 2 heterocycles. The van der Waals surface area contributed by atoms with Crippen LogP contribution in [-0.2, 0) is 9.59 Å². The molecule has 8 heteroatoms. The van der Waals surface area contributed by atoms with Gasteiger partial charge in [-0.2, -0.15) is 0 Å². The molecule has 0 aliphatic carbocycles. The van der Waals surface area contributed by atoms with Gasteiger partial charge >= 0.3 is 5.97 Å². The zero-order chi connectivity index (χ0) is 13.3. The number of hydrogen-bond acceptors (Lipinski definition) is 5. The highest BCUT2D eigenvalue weighted by Crippen LogP contribution is 2.22. The molecule has 0 radical (unpaired) electrons. The van der Waals surface area contributed by atoms with E-state index in [1.807, 2.05) is 0 Å². The quantitative estimate of drug-likeness (QED) is 0.709. The highest BCUT2D eigenvalue weighted by molar-refractivity contribution is 5.99. The summed E-state index contributed by atoms with van der Waals surface area (Å²) in [7, 11) is 0. The second-order valence-electron chi connectivity index (χ2n) is 3.88. The minimum absolute atomic E-state index is 0.00825. The summed E-state index contributed by atoms with van der Waals surface area (Å²) in [5, 5.41) is 8.78. The number of aromatic carboxylic acids is 1. The van der Waals surface area contributed by atoms with Gasteiger partial charge in [0.2, 0.25) is 11.8 Å². The molecule has 1 fully saturated rings. The van der Waals surface area contributed by atoms with Crippen LogP contribution in [0.5, 0.6) is 0 Å². The Hall–Kier alpha value is -2.51. The number of hydrogen-bond donors (Lipinski definition) is 2. The summed E-state index contributed by atoms with van der Waals surface area (Å²) < 4.78 is 0. The zero-order valence-corrected chi connectivity index (χ0v) is 9.24. The smallest absolute Gasteiger partial charge is 0.356 e. The maximum absolute atomic E-state index is 11.7. The number of nitrogens with zero attached hydrogens (tertiary/aromatic N) is 3. The van der Waals surface area contributed by atoms with Gasteiger partial charge < -0.3 is 10.8 Å². The van der Waals surface area contributed by atoms with Crippen molar-refractivity contribution in [2.75, 3.05) is 11.4 Å². The van der Waals surface area contributed by atoms with E-state index in [0.717, 1.165) is 6.20 Å². The Morgan fingerprint density at radius 3 is 2.72 bits per heavy atom. The van der Waals surface area contributed by atoms with Crippen LogP contribution < -0.4 is 10.6 Å². The lowest BCUT2D eigenvalue weighted by Crippen LogP contribution is -2.29. The lowest BCUT2D eigenvalue weighted by atomic mass is 10.1. The van der Waals surface area contributed by atoms with Crippen molar-refractivity contribution >= 4 is 23.6 Å². The molecule has 0 spiro atoms. The predicted octanol–water partition coefficient (Wildman–Crippen LogP) is -0.987. The van der Waals surface area contributed by atoms with Gasteiger partial charge in [0.25, 0.3) is 0 Å². The zero-order valence-electron chi connectivity index (χ0n) is 9.24. The molecule has 1 aliphatic heterocycles. The average molecular weight is 250 g/mol. The molecular formula is C10H10N4O4. The van der Waals surface area contributed by atoms with E-state index >= 15 is 0 Å². The Morgan fingerprint density at radius 2 is 2.17 bits per heavy atom. The van der Waals surface area contributed by atoms with Crippen LogP contribution in [0.25, 0.3) is 0 Å². The second kappa shape index (κ2) is 4.40. The Balaban J connectivity index is 2.27. The fraction of sp³-hybridized carbons (Fsp3) is 0.300. The van der Waals surface area contributed by atoms with E-state index in [-0.39, 0.29) is 30.4 Å². The number of rotatable bonds is 3. The number of amides is 2. The van der Waals surface area contributed by atoms with Gasteiger partial charge in [-0.1, -0.05) is 0 Å². The van der Waals surface area contributed by atoms with Crippen LogP contribution in [0.15, 0.2) is 12.4 Å². The van der Waals surface area contributed by atoms with Gasteiger partial charge in [-0.15, -0.1) is 0 Å². The van der Waals surface area contributed by atoms with E-state index in [1.165, 1.54) is 11.1 Å². The van der Waals surface area contributed by atoms with E-state index in [9.17, 15) is 14.4 Å². The van der Waals surface area contributed by atoms with Gasteiger partial charge in [0.1, 0.15) is 0 Å². The first-order valence-corrected chi connectivity index (χ1v) is 5.14. The standard InChI is InChI=1S/C10H10N4O4/c11-9(16)5-1-8(15)14(4-5)7-3-12-2-6(13-7)10(17)18/h2-3,5H,1,4H2,(H2,11,16)(H,17,18). The molecular weight excluding hydrogens is 240 g/mol. The third-order valence-electron chi connectivity index (χ3n) is 2.64. The van der Waals surface area contributed by atoms with Crippen LogP contribution in [0.1, 0.15) is 16.9 Å². The van der Waals surface area contributed by atoms with Crippen LogP contribution in [0, 0.1) is 5.92 Å². The number of primary amides is 1. The van der Waals surface area contributed by atoms with Gasteiger partial charge in [0.15, 0.2) is 11.5 Å². The van der Waals surface area contributed by atoms with Crippen LogP contribution in [0.4, 0.5) is 5.82 Å². The van der Waals surface area contributed by atoms with E-state index in [4.69, 9.17) is 10.8 Å². The van der Waals surface area contributed by atoms with E-state index in [0.29, 0.717) is 0 Å². The topological polar surface area (TPSA) is 126 Å². The number of carbonyl (C=O) groups excluding carboxylic acids is 2. The summed E-state index contributed by atoms with van der Waals surface area (Å²) in [6.07, 6.45) is 2.36. The van der Waals surface area contributed by atoms with Crippen LogP contribution in [0.3, 0.4) is 0 Å². The molecule has 1 atom stereocenters. The van der Waals surface area contributed by atoms with Gasteiger partial charge in [0.05, 0.1) is 18.3 Å². The molecule has 94 valence electrons. The minimum Gasteiger partial charge on any atom is -0.476 e.